The molecule has 24 heavy (non-hydrogen) atoms. The lowest BCUT2D eigenvalue weighted by atomic mass is 10.1. The van der Waals surface area contributed by atoms with Gasteiger partial charge in [0.15, 0.2) is 0 Å². The lowest BCUT2D eigenvalue weighted by Crippen LogP contribution is -2.11. The first kappa shape index (κ1) is 16.7. The highest BCUT2D eigenvalue weighted by atomic mass is 32.1. The second-order valence-corrected chi connectivity index (χ2v) is 9.22. The van der Waals surface area contributed by atoms with Crippen LogP contribution in [-0.2, 0) is 0 Å². The van der Waals surface area contributed by atoms with E-state index < -0.39 is 9.04 Å². The topological polar surface area (TPSA) is 21.6 Å². The predicted molar refractivity (Wildman–Crippen MR) is 108 cm³/mol. The van der Waals surface area contributed by atoms with Crippen LogP contribution in [-0.4, -0.2) is 14.8 Å². The fraction of sp³-hybridized carbons (Fsp3) is 0.150. The van der Waals surface area contributed by atoms with Gasteiger partial charge in [-0.15, -0.1) is 11.3 Å². The zero-order valence-electron chi connectivity index (χ0n) is 15.2. The van der Waals surface area contributed by atoms with Gasteiger partial charge in [-0.1, -0.05) is 42.5 Å². The van der Waals surface area contributed by atoms with Crippen molar-refractivity contribution in [1.29, 1.82) is 0 Å². The molecule has 0 aliphatic carbocycles. The Morgan fingerprint density at radius 3 is 2.50 bits per heavy atom. The van der Waals surface area contributed by atoms with Crippen LogP contribution in [0.1, 0.15) is 17.4 Å². The van der Waals surface area contributed by atoms with Crippen LogP contribution in [0, 0.1) is 6.92 Å². The van der Waals surface area contributed by atoms with Crippen molar-refractivity contribution in [3.8, 4) is 5.75 Å². The highest BCUT2D eigenvalue weighted by Gasteiger charge is 2.11. The van der Waals surface area contributed by atoms with Crippen molar-refractivity contribution in [1.82, 2.24) is 0 Å². The Morgan fingerprint density at radius 2 is 1.83 bits per heavy atom. The van der Waals surface area contributed by atoms with E-state index in [1.807, 2.05) is 24.3 Å². The quantitative estimate of drug-likeness (QED) is 0.426. The molecule has 0 saturated carbocycles. The van der Waals surface area contributed by atoms with Gasteiger partial charge >= 0.3 is 1.43 Å². The third kappa shape index (κ3) is 4.02. The van der Waals surface area contributed by atoms with Gasteiger partial charge in [-0.25, -0.2) is 4.99 Å². The first-order valence-electron chi connectivity index (χ1n) is 8.09. The second-order valence-electron chi connectivity index (χ2n) is 5.94. The van der Waals surface area contributed by atoms with E-state index in [2.05, 4.69) is 61.8 Å². The standard InChI is InChI=1S/C20H21NOSSi/c1-15-11-12-18(22-24(2)3)17(14-15)21-20(19-10-7-13-23-19)16-8-5-4-6-9-16/h4-14,24H,1-3H3/p+1. The van der Waals surface area contributed by atoms with E-state index in [0.29, 0.717) is 0 Å². The molecule has 122 valence electrons. The molecule has 0 aliphatic heterocycles. The summed E-state index contributed by atoms with van der Waals surface area (Å²) in [6, 6.07) is 20.7. The van der Waals surface area contributed by atoms with Gasteiger partial charge in [0.2, 0.25) is 9.04 Å². The van der Waals surface area contributed by atoms with Crippen molar-refractivity contribution in [2.45, 2.75) is 20.0 Å². The minimum absolute atomic E-state index is 0. The third-order valence-corrected chi connectivity index (χ3v) is 5.11. The number of aryl methyl sites for hydroxylation is 1. The van der Waals surface area contributed by atoms with Crippen LogP contribution in [0.5, 0.6) is 5.75 Å². The molecule has 2 aromatic carbocycles. The van der Waals surface area contributed by atoms with Gasteiger partial charge in [-0.05, 0) is 49.2 Å². The summed E-state index contributed by atoms with van der Waals surface area (Å²) in [6.07, 6.45) is 0. The largest absolute Gasteiger partial charge is 1.00 e. The average molecular weight is 353 g/mol. The molecule has 4 heteroatoms. The first-order chi connectivity index (χ1) is 11.6. The smallest absolute Gasteiger partial charge is 0.546 e. The summed E-state index contributed by atoms with van der Waals surface area (Å²) in [4.78, 5) is 6.17. The van der Waals surface area contributed by atoms with Gasteiger partial charge in [0.05, 0.1) is 10.6 Å². The molecule has 0 saturated heterocycles. The van der Waals surface area contributed by atoms with Crippen LogP contribution in [0.15, 0.2) is 71.0 Å². The Bertz CT molecular complexity index is 832. The molecule has 0 spiro atoms. The number of hydrogen-bond donors (Lipinski definition) is 0. The monoisotopic (exact) mass is 352 g/mol. The van der Waals surface area contributed by atoms with Crippen molar-refractivity contribution in [2.75, 3.05) is 0 Å². The molecule has 1 heterocycles. The van der Waals surface area contributed by atoms with Crippen LogP contribution in [0.4, 0.5) is 5.69 Å². The number of hydrogen-bond acceptors (Lipinski definition) is 3. The molecule has 0 bridgehead atoms. The molecule has 1 aromatic heterocycles. The van der Waals surface area contributed by atoms with Crippen molar-refractivity contribution < 1.29 is 5.85 Å². The number of aliphatic imine (C=N–C) groups is 1. The molecule has 0 N–H and O–H groups in total. The molecule has 0 atom stereocenters. The summed E-state index contributed by atoms with van der Waals surface area (Å²) in [5.41, 5.74) is 4.20. The summed E-state index contributed by atoms with van der Waals surface area (Å²) in [7, 11) is -1.19. The van der Waals surface area contributed by atoms with E-state index >= 15 is 0 Å². The molecule has 3 rings (SSSR count). The zero-order chi connectivity index (χ0) is 16.9. The second kappa shape index (κ2) is 7.60. The Labute approximate surface area is 150 Å². The summed E-state index contributed by atoms with van der Waals surface area (Å²) >= 11 is 1.71. The summed E-state index contributed by atoms with van der Waals surface area (Å²) in [5, 5.41) is 2.09. The molecule has 0 aliphatic rings. The molecule has 2 nitrogen and oxygen atoms in total. The van der Waals surface area contributed by atoms with Crippen LogP contribution >= 0.6 is 11.3 Å². The van der Waals surface area contributed by atoms with Crippen LogP contribution in [0.3, 0.4) is 0 Å². The van der Waals surface area contributed by atoms with E-state index in [0.717, 1.165) is 27.6 Å². The molecule has 0 unspecified atom stereocenters. The maximum Gasteiger partial charge on any atom is 1.00 e. The molecule has 0 fully saturated rings. The van der Waals surface area contributed by atoms with Crippen molar-refractivity contribution in [3.63, 3.8) is 0 Å². The lowest BCUT2D eigenvalue weighted by molar-refractivity contribution is 0.582. The minimum Gasteiger partial charge on any atom is -0.546 e. The summed E-state index contributed by atoms with van der Waals surface area (Å²) in [5.74, 6) is 0.882. The van der Waals surface area contributed by atoms with E-state index in [4.69, 9.17) is 9.42 Å². The molecule has 0 radical (unpaired) electrons. The first-order valence-corrected chi connectivity index (χ1v) is 11.7. The number of benzene rings is 2. The van der Waals surface area contributed by atoms with Gasteiger partial charge < -0.3 is 4.43 Å². The minimum atomic E-state index is -1.19. The number of thiophene rings is 1. The highest BCUT2D eigenvalue weighted by molar-refractivity contribution is 7.12. The Hall–Kier alpha value is -2.17. The normalized spacial score (nSPS) is 11.8. The van der Waals surface area contributed by atoms with E-state index in [-0.39, 0.29) is 1.43 Å². The number of nitrogens with zero attached hydrogens (tertiary/aromatic N) is 1. The third-order valence-electron chi connectivity index (χ3n) is 3.51. The van der Waals surface area contributed by atoms with Crippen LogP contribution in [0.25, 0.3) is 0 Å². The lowest BCUT2D eigenvalue weighted by Gasteiger charge is -2.14. The summed E-state index contributed by atoms with van der Waals surface area (Å²) in [6.45, 7) is 6.43. The van der Waals surface area contributed by atoms with Gasteiger partial charge in [0, 0.05) is 5.56 Å². The van der Waals surface area contributed by atoms with Crippen LogP contribution in [0.2, 0.25) is 13.1 Å². The highest BCUT2D eigenvalue weighted by Crippen LogP contribution is 2.31. The SMILES string of the molecule is Cc1ccc(O[SiH](C)C)c(N=C(c2ccccc2)c2cccs2)c1.[H+]. The van der Waals surface area contributed by atoms with Gasteiger partial charge in [-0.3, -0.25) is 0 Å². The average Bonchev–Trinajstić information content (AvgIpc) is 3.09. The Kier molecular flexibility index (Phi) is 5.28. The maximum absolute atomic E-state index is 6.09. The molecular formula is C20H22NOSSi+. The van der Waals surface area contributed by atoms with E-state index in [1.165, 1.54) is 5.56 Å². The van der Waals surface area contributed by atoms with Crippen molar-refractivity contribution in [3.05, 3.63) is 82.0 Å². The van der Waals surface area contributed by atoms with Gasteiger partial charge in [0.1, 0.15) is 11.4 Å². The van der Waals surface area contributed by atoms with E-state index in [9.17, 15) is 0 Å². The molecule has 0 amide bonds. The molecular weight excluding hydrogens is 330 g/mol. The fourth-order valence-electron chi connectivity index (χ4n) is 2.46. The zero-order valence-corrected chi connectivity index (χ0v) is 16.2. The maximum atomic E-state index is 6.09. The Balaban J connectivity index is 0.00000225. The van der Waals surface area contributed by atoms with Gasteiger partial charge in [0.25, 0.3) is 0 Å². The summed E-state index contributed by atoms with van der Waals surface area (Å²) < 4.78 is 6.09. The van der Waals surface area contributed by atoms with Crippen molar-refractivity contribution in [2.24, 2.45) is 4.99 Å². The number of rotatable bonds is 5. The van der Waals surface area contributed by atoms with Gasteiger partial charge in [-0.2, -0.15) is 0 Å². The molecule has 3 aromatic rings. The van der Waals surface area contributed by atoms with E-state index in [1.54, 1.807) is 11.3 Å². The Morgan fingerprint density at radius 1 is 1.04 bits per heavy atom. The van der Waals surface area contributed by atoms with Crippen LogP contribution < -0.4 is 4.43 Å². The fourth-order valence-corrected chi connectivity index (χ4v) is 3.90. The van der Waals surface area contributed by atoms with Crippen molar-refractivity contribution >= 4 is 31.8 Å². The predicted octanol–water partition coefficient (Wildman–Crippen LogP) is 5.70.